The van der Waals surface area contributed by atoms with Gasteiger partial charge in [-0.2, -0.15) is 0 Å². The summed E-state index contributed by atoms with van der Waals surface area (Å²) in [6.45, 7) is 0. The third-order valence-corrected chi connectivity index (χ3v) is 1.39. The van der Waals surface area contributed by atoms with E-state index in [1.165, 1.54) is 0 Å². The van der Waals surface area contributed by atoms with Gasteiger partial charge in [0.15, 0.2) is 17.5 Å². The molecule has 0 amide bonds. The van der Waals surface area contributed by atoms with E-state index in [1.807, 2.05) is 0 Å². The van der Waals surface area contributed by atoms with E-state index in [4.69, 9.17) is 0 Å². The summed E-state index contributed by atoms with van der Waals surface area (Å²) in [4.78, 5) is 2.62. The van der Waals surface area contributed by atoms with Crippen LogP contribution in [-0.2, 0) is 4.86 Å². The van der Waals surface area contributed by atoms with E-state index in [2.05, 4.69) is 4.86 Å². The van der Waals surface area contributed by atoms with Crippen molar-refractivity contribution >= 4 is 12.7 Å². The third kappa shape index (κ3) is 1.80. The Morgan fingerprint density at radius 3 is 2.23 bits per heavy atom. The number of benzene rings is 1. The van der Waals surface area contributed by atoms with Crippen LogP contribution in [0, 0.1) is 17.5 Å². The molecule has 0 aliphatic carbocycles. The summed E-state index contributed by atoms with van der Waals surface area (Å²) in [6.07, 6.45) is 0. The van der Waals surface area contributed by atoms with Gasteiger partial charge in [0.05, 0.1) is 0 Å². The van der Waals surface area contributed by atoms with Crippen LogP contribution in [0.2, 0.25) is 0 Å². The smallest absolute Gasteiger partial charge is 0.283 e. The van der Waals surface area contributed by atoms with Crippen LogP contribution in [0.25, 0.3) is 0 Å². The zero-order valence-electron chi connectivity index (χ0n) is 6.03. The summed E-state index contributed by atoms with van der Waals surface area (Å²) in [5.41, 5.74) is -1.03. The molecular weight excluding hydrogens is 194 g/mol. The van der Waals surface area contributed by atoms with Crippen LogP contribution in [0.15, 0.2) is 12.1 Å². The van der Waals surface area contributed by atoms with Crippen LogP contribution in [0.5, 0.6) is 0 Å². The molecule has 1 aromatic rings. The van der Waals surface area contributed by atoms with E-state index in [0.29, 0.717) is 12.1 Å². The Kier molecular flexibility index (Phi) is 2.87. The molecule has 0 spiro atoms. The molecule has 0 bridgehead atoms. The lowest BCUT2D eigenvalue weighted by Gasteiger charge is -2.01. The molecule has 0 N–H and O–H groups in total. The van der Waals surface area contributed by atoms with Crippen LogP contribution in [0.4, 0.5) is 22.0 Å². The molecule has 0 atom stereocenters. The molecule has 0 radical (unpaired) electrons. The van der Waals surface area contributed by atoms with Crippen LogP contribution in [-0.4, -0.2) is 7.19 Å². The van der Waals surface area contributed by atoms with E-state index < -0.39 is 30.1 Å². The average Bonchev–Trinajstić information content (AvgIpc) is 2.13. The lowest BCUT2D eigenvalue weighted by atomic mass is 9.82. The molecule has 1 aromatic carbocycles. The van der Waals surface area contributed by atoms with Crippen molar-refractivity contribution in [2.24, 2.45) is 0 Å². The first-order valence-electron chi connectivity index (χ1n) is 3.12. The number of rotatable bonds is 2. The fourth-order valence-corrected chi connectivity index (χ4v) is 0.764. The molecule has 1 nitrogen and oxygen atoms in total. The summed E-state index contributed by atoms with van der Waals surface area (Å²) >= 11 is 0. The predicted octanol–water partition coefficient (Wildman–Crippen LogP) is 1.67. The topological polar surface area (TPSA) is 9.23 Å². The normalized spacial score (nSPS) is 10.2. The SMILES string of the molecule is FOB(F)c1ccc(F)c(F)c1F. The van der Waals surface area contributed by atoms with Crippen LogP contribution >= 0.6 is 0 Å². The lowest BCUT2D eigenvalue weighted by molar-refractivity contribution is -0.0191. The van der Waals surface area contributed by atoms with Gasteiger partial charge >= 0.3 is 7.19 Å². The van der Waals surface area contributed by atoms with E-state index in [0.717, 1.165) is 0 Å². The Bertz CT molecular complexity index is 318. The van der Waals surface area contributed by atoms with E-state index in [-0.39, 0.29) is 0 Å². The number of hydrogen-bond acceptors (Lipinski definition) is 1. The fourth-order valence-electron chi connectivity index (χ4n) is 0.764. The van der Waals surface area contributed by atoms with Crippen molar-refractivity contribution in [1.82, 2.24) is 0 Å². The highest BCUT2D eigenvalue weighted by Crippen LogP contribution is 2.09. The van der Waals surface area contributed by atoms with E-state index in [1.54, 1.807) is 0 Å². The first-order valence-corrected chi connectivity index (χ1v) is 3.12. The van der Waals surface area contributed by atoms with Gasteiger partial charge in [-0.1, -0.05) is 10.6 Å². The molecular formula is C6H2BF5O. The molecule has 0 aliphatic rings. The molecule has 0 unspecified atom stereocenters. The Morgan fingerprint density at radius 2 is 1.69 bits per heavy atom. The minimum absolute atomic E-state index is 0.472. The Balaban J connectivity index is 3.18. The summed E-state index contributed by atoms with van der Waals surface area (Å²) in [5.74, 6) is -5.14. The Hall–Kier alpha value is -1.11. The van der Waals surface area contributed by atoms with Crippen molar-refractivity contribution in [1.29, 1.82) is 0 Å². The molecule has 7 heteroatoms. The van der Waals surface area contributed by atoms with Crippen LogP contribution in [0.3, 0.4) is 0 Å². The van der Waals surface area contributed by atoms with Gasteiger partial charge in [-0.25, -0.2) is 18.0 Å². The minimum Gasteiger partial charge on any atom is -0.283 e. The monoisotopic (exact) mass is 196 g/mol. The summed E-state index contributed by atoms with van der Waals surface area (Å²) in [7, 11) is -2.75. The van der Waals surface area contributed by atoms with Gasteiger partial charge in [0.1, 0.15) is 0 Å². The minimum atomic E-state index is -2.75. The van der Waals surface area contributed by atoms with Gasteiger partial charge in [-0.05, 0) is 6.07 Å². The zero-order chi connectivity index (χ0) is 10.0. The molecule has 0 saturated heterocycles. The van der Waals surface area contributed by atoms with Gasteiger partial charge in [0.25, 0.3) is 0 Å². The molecule has 1 rings (SSSR count). The van der Waals surface area contributed by atoms with Crippen molar-refractivity contribution in [3.05, 3.63) is 29.6 Å². The second-order valence-corrected chi connectivity index (χ2v) is 2.17. The van der Waals surface area contributed by atoms with E-state index >= 15 is 0 Å². The highest BCUT2D eigenvalue weighted by atomic mass is 19.3. The largest absolute Gasteiger partial charge is 0.573 e. The quantitative estimate of drug-likeness (QED) is 0.397. The van der Waals surface area contributed by atoms with Gasteiger partial charge in [0, 0.05) is 5.46 Å². The molecule has 0 saturated carbocycles. The van der Waals surface area contributed by atoms with Crippen molar-refractivity contribution in [3.63, 3.8) is 0 Å². The molecule has 70 valence electrons. The fraction of sp³-hybridized carbons (Fsp3) is 0. The van der Waals surface area contributed by atoms with Gasteiger partial charge < -0.3 is 0 Å². The Morgan fingerprint density at radius 1 is 1.08 bits per heavy atom. The van der Waals surface area contributed by atoms with Crippen molar-refractivity contribution < 1.29 is 26.9 Å². The molecule has 13 heavy (non-hydrogen) atoms. The highest BCUT2D eigenvalue weighted by molar-refractivity contribution is 6.60. The lowest BCUT2D eigenvalue weighted by Crippen LogP contribution is -2.30. The van der Waals surface area contributed by atoms with Crippen molar-refractivity contribution in [3.8, 4) is 0 Å². The summed E-state index contributed by atoms with van der Waals surface area (Å²) < 4.78 is 60.8. The maximum Gasteiger partial charge on any atom is 0.573 e. The Labute approximate surface area is 70.2 Å². The first kappa shape index (κ1) is 9.98. The third-order valence-electron chi connectivity index (χ3n) is 1.39. The van der Waals surface area contributed by atoms with Crippen LogP contribution in [0.1, 0.15) is 0 Å². The summed E-state index contributed by atoms with van der Waals surface area (Å²) in [6, 6.07) is 1.03. The number of hydrogen-bond donors (Lipinski definition) is 0. The maximum absolute atomic E-state index is 12.6. The maximum atomic E-state index is 12.6. The van der Waals surface area contributed by atoms with Gasteiger partial charge in [-0.3, -0.25) is 4.32 Å². The van der Waals surface area contributed by atoms with Gasteiger partial charge in [-0.15, -0.1) is 0 Å². The van der Waals surface area contributed by atoms with E-state index in [9.17, 15) is 22.0 Å². The predicted molar refractivity (Wildman–Crippen MR) is 35.0 cm³/mol. The second-order valence-electron chi connectivity index (χ2n) is 2.17. The highest BCUT2D eigenvalue weighted by Gasteiger charge is 2.27. The molecule has 0 aromatic heterocycles. The number of halogens is 5. The molecule has 0 heterocycles. The van der Waals surface area contributed by atoms with Crippen LogP contribution < -0.4 is 5.46 Å². The zero-order valence-corrected chi connectivity index (χ0v) is 6.03. The molecule has 0 aliphatic heterocycles. The standard InChI is InChI=1S/C6H2BF5O/c8-4-2-1-3(7(11)13-12)5(9)6(4)10/h1-2H. The first-order chi connectivity index (χ1) is 6.07. The van der Waals surface area contributed by atoms with Crippen molar-refractivity contribution in [2.45, 2.75) is 0 Å². The van der Waals surface area contributed by atoms with Gasteiger partial charge in [0.2, 0.25) is 0 Å². The van der Waals surface area contributed by atoms with Crippen molar-refractivity contribution in [2.75, 3.05) is 0 Å². The second kappa shape index (κ2) is 3.74. The summed E-state index contributed by atoms with van der Waals surface area (Å²) in [5, 5.41) is 0. The average molecular weight is 196 g/mol. The molecule has 0 fully saturated rings.